The van der Waals surface area contributed by atoms with Gasteiger partial charge in [0.1, 0.15) is 23.3 Å². The van der Waals surface area contributed by atoms with Gasteiger partial charge in [-0.1, -0.05) is 18.5 Å². The zero-order valence-corrected chi connectivity index (χ0v) is 15.1. The highest BCUT2D eigenvalue weighted by Gasteiger charge is 2.47. The molecule has 1 aliphatic heterocycles. The number of carbonyl (C=O) groups excluding carboxylic acids is 2. The van der Waals surface area contributed by atoms with E-state index in [0.717, 1.165) is 0 Å². The molecule has 1 amide bonds. The Kier molecular flexibility index (Phi) is 5.04. The molecule has 26 heavy (non-hydrogen) atoms. The first-order valence-corrected chi connectivity index (χ1v) is 8.53. The Bertz CT molecular complexity index is 872. The van der Waals surface area contributed by atoms with Crippen LogP contribution in [-0.2, 0) is 9.59 Å². The number of rotatable bonds is 5. The first kappa shape index (κ1) is 18.1. The van der Waals surface area contributed by atoms with Crippen LogP contribution in [0.15, 0.2) is 46.6 Å². The van der Waals surface area contributed by atoms with Crippen molar-refractivity contribution in [1.82, 2.24) is 4.90 Å². The maximum absolute atomic E-state index is 12.7. The molecule has 1 N–H and O–H groups in total. The molecular weight excluding hydrogens is 358 g/mol. The summed E-state index contributed by atoms with van der Waals surface area (Å²) in [6.45, 7) is 2.26. The second-order valence-corrected chi connectivity index (χ2v) is 6.26. The molecule has 1 unspecified atom stereocenters. The average Bonchev–Trinajstić information content (AvgIpc) is 3.24. The molecule has 1 aromatic carbocycles. The maximum Gasteiger partial charge on any atom is 0.295 e. The lowest BCUT2D eigenvalue weighted by atomic mass is 9.99. The molecular formula is C19H18ClNO5. The molecule has 1 aliphatic rings. The van der Waals surface area contributed by atoms with Gasteiger partial charge in [-0.05, 0) is 36.8 Å². The molecule has 1 atom stereocenters. The number of aliphatic hydroxyl groups excluding tert-OH is 1. The monoisotopic (exact) mass is 375 g/mol. The number of furan rings is 1. The van der Waals surface area contributed by atoms with E-state index in [1.807, 2.05) is 6.92 Å². The molecule has 3 rings (SSSR count). The lowest BCUT2D eigenvalue weighted by molar-refractivity contribution is -0.140. The van der Waals surface area contributed by atoms with Crippen LogP contribution in [0.4, 0.5) is 0 Å². The number of Topliss-reactive ketones (excluding diaryl/α,β-unsaturated/α-hetero) is 1. The Morgan fingerprint density at radius 3 is 2.73 bits per heavy atom. The predicted molar refractivity (Wildman–Crippen MR) is 96.0 cm³/mol. The van der Waals surface area contributed by atoms with Gasteiger partial charge in [0, 0.05) is 12.1 Å². The SMILES string of the molecule is CCCN1C(=O)C(=O)/C(=C(\O)c2cc(OC)ccc2Cl)C1c1ccco1. The van der Waals surface area contributed by atoms with Crippen molar-refractivity contribution in [1.29, 1.82) is 0 Å². The third-order valence-corrected chi connectivity index (χ3v) is 4.58. The van der Waals surface area contributed by atoms with E-state index in [9.17, 15) is 14.7 Å². The van der Waals surface area contributed by atoms with E-state index in [1.165, 1.54) is 24.3 Å². The van der Waals surface area contributed by atoms with Crippen molar-refractivity contribution in [3.8, 4) is 5.75 Å². The molecule has 0 spiro atoms. The number of methoxy groups -OCH3 is 1. The van der Waals surface area contributed by atoms with Gasteiger partial charge in [0.25, 0.3) is 11.7 Å². The van der Waals surface area contributed by atoms with Crippen LogP contribution in [0.5, 0.6) is 5.75 Å². The Labute approximate surface area is 155 Å². The van der Waals surface area contributed by atoms with Crippen LogP contribution in [0.3, 0.4) is 0 Å². The quantitative estimate of drug-likeness (QED) is 0.488. The van der Waals surface area contributed by atoms with Crippen LogP contribution < -0.4 is 4.74 Å². The normalized spacial score (nSPS) is 19.2. The molecule has 2 aromatic rings. The second kappa shape index (κ2) is 7.25. The first-order valence-electron chi connectivity index (χ1n) is 8.15. The van der Waals surface area contributed by atoms with Crippen LogP contribution in [0.25, 0.3) is 5.76 Å². The van der Waals surface area contributed by atoms with Crippen LogP contribution in [0.2, 0.25) is 5.02 Å². The highest BCUT2D eigenvalue weighted by Crippen LogP contribution is 2.41. The lowest BCUT2D eigenvalue weighted by Gasteiger charge is -2.22. The van der Waals surface area contributed by atoms with Gasteiger partial charge in [0.15, 0.2) is 0 Å². The lowest BCUT2D eigenvalue weighted by Crippen LogP contribution is -2.30. The van der Waals surface area contributed by atoms with E-state index >= 15 is 0 Å². The summed E-state index contributed by atoms with van der Waals surface area (Å²) in [7, 11) is 1.48. The molecule has 7 heteroatoms. The topological polar surface area (TPSA) is 80.0 Å². The fourth-order valence-electron chi connectivity index (χ4n) is 3.05. The fraction of sp³-hybridized carbons (Fsp3) is 0.263. The highest BCUT2D eigenvalue weighted by molar-refractivity contribution is 6.46. The Morgan fingerprint density at radius 1 is 1.35 bits per heavy atom. The van der Waals surface area contributed by atoms with Crippen LogP contribution in [-0.4, -0.2) is 35.4 Å². The van der Waals surface area contributed by atoms with Crippen molar-refractivity contribution in [2.24, 2.45) is 0 Å². The number of amides is 1. The van der Waals surface area contributed by atoms with E-state index in [0.29, 0.717) is 24.5 Å². The second-order valence-electron chi connectivity index (χ2n) is 5.85. The zero-order chi connectivity index (χ0) is 18.8. The molecule has 6 nitrogen and oxygen atoms in total. The molecule has 1 aromatic heterocycles. The van der Waals surface area contributed by atoms with Crippen LogP contribution in [0.1, 0.15) is 30.7 Å². The summed E-state index contributed by atoms with van der Waals surface area (Å²) < 4.78 is 10.6. The van der Waals surface area contributed by atoms with E-state index in [1.54, 1.807) is 24.3 Å². The number of ketones is 1. The summed E-state index contributed by atoms with van der Waals surface area (Å²) >= 11 is 6.20. The first-order chi connectivity index (χ1) is 12.5. The largest absolute Gasteiger partial charge is 0.507 e. The Morgan fingerprint density at radius 2 is 2.12 bits per heavy atom. The standard InChI is InChI=1S/C19H18ClNO5/c1-3-8-21-16(14-5-4-9-26-14)15(18(23)19(21)24)17(22)12-10-11(25-2)6-7-13(12)20/h4-7,9-10,16,22H,3,8H2,1-2H3/b17-15-. The molecule has 0 aliphatic carbocycles. The Hall–Kier alpha value is -2.73. The molecule has 0 saturated carbocycles. The molecule has 1 saturated heterocycles. The minimum atomic E-state index is -0.799. The summed E-state index contributed by atoms with van der Waals surface area (Å²) in [5.41, 5.74) is 0.172. The summed E-state index contributed by atoms with van der Waals surface area (Å²) in [5, 5.41) is 11.1. The zero-order valence-electron chi connectivity index (χ0n) is 14.4. The van der Waals surface area contributed by atoms with E-state index < -0.39 is 17.7 Å². The van der Waals surface area contributed by atoms with Crippen molar-refractivity contribution in [3.05, 3.63) is 58.5 Å². The number of ether oxygens (including phenoxy) is 1. The van der Waals surface area contributed by atoms with Gasteiger partial charge >= 0.3 is 0 Å². The molecule has 0 radical (unpaired) electrons. The van der Waals surface area contributed by atoms with Crippen molar-refractivity contribution in [2.45, 2.75) is 19.4 Å². The number of nitrogens with zero attached hydrogens (tertiary/aromatic N) is 1. The van der Waals surface area contributed by atoms with Gasteiger partial charge in [-0.25, -0.2) is 0 Å². The smallest absolute Gasteiger partial charge is 0.295 e. The molecule has 0 bridgehead atoms. The summed E-state index contributed by atoms with van der Waals surface area (Å²) in [6.07, 6.45) is 2.12. The van der Waals surface area contributed by atoms with Gasteiger partial charge < -0.3 is 19.2 Å². The third-order valence-electron chi connectivity index (χ3n) is 4.25. The average molecular weight is 376 g/mol. The van der Waals surface area contributed by atoms with Crippen LogP contribution >= 0.6 is 11.6 Å². The summed E-state index contributed by atoms with van der Waals surface area (Å²) in [4.78, 5) is 26.5. The minimum absolute atomic E-state index is 0.0476. The van der Waals surface area contributed by atoms with Crippen LogP contribution in [0, 0.1) is 0 Å². The number of likely N-dealkylation sites (tertiary alicyclic amines) is 1. The van der Waals surface area contributed by atoms with Gasteiger partial charge in [-0.15, -0.1) is 0 Å². The van der Waals surface area contributed by atoms with E-state index in [4.69, 9.17) is 20.8 Å². The van der Waals surface area contributed by atoms with Crippen molar-refractivity contribution >= 4 is 29.1 Å². The van der Waals surface area contributed by atoms with Crippen molar-refractivity contribution in [3.63, 3.8) is 0 Å². The number of hydrogen-bond donors (Lipinski definition) is 1. The van der Waals surface area contributed by atoms with Crippen molar-refractivity contribution < 1.29 is 23.8 Å². The number of halogens is 1. The van der Waals surface area contributed by atoms with Gasteiger partial charge in [-0.2, -0.15) is 0 Å². The molecule has 136 valence electrons. The van der Waals surface area contributed by atoms with E-state index in [2.05, 4.69) is 0 Å². The predicted octanol–water partition coefficient (Wildman–Crippen LogP) is 3.77. The van der Waals surface area contributed by atoms with Gasteiger partial charge in [-0.3, -0.25) is 9.59 Å². The number of hydrogen-bond acceptors (Lipinski definition) is 5. The molecule has 1 fully saturated rings. The minimum Gasteiger partial charge on any atom is -0.507 e. The summed E-state index contributed by atoms with van der Waals surface area (Å²) in [6, 6.07) is 7.24. The fourth-order valence-corrected chi connectivity index (χ4v) is 3.26. The maximum atomic E-state index is 12.7. The van der Waals surface area contributed by atoms with Gasteiger partial charge in [0.05, 0.1) is 24.0 Å². The number of benzene rings is 1. The van der Waals surface area contributed by atoms with Crippen molar-refractivity contribution in [2.75, 3.05) is 13.7 Å². The summed E-state index contributed by atoms with van der Waals surface area (Å²) in [5.74, 6) is -0.927. The number of carbonyl (C=O) groups is 2. The number of aliphatic hydroxyl groups is 1. The molecule has 2 heterocycles. The van der Waals surface area contributed by atoms with Gasteiger partial charge in [0.2, 0.25) is 0 Å². The third kappa shape index (κ3) is 2.97. The Balaban J connectivity index is 2.21. The van der Waals surface area contributed by atoms with E-state index in [-0.39, 0.29) is 21.9 Å². The highest BCUT2D eigenvalue weighted by atomic mass is 35.5.